The van der Waals surface area contributed by atoms with Gasteiger partial charge in [-0.3, -0.25) is 19.0 Å². The van der Waals surface area contributed by atoms with Crippen LogP contribution >= 0.6 is 23.2 Å². The standard InChI is InChI=1S/C23H22Cl2N6O2/c1-13(2)22-26-7-5-17(28-22)18-10-19(16(24)11-27-18)31-14(3)9-20(21(25)23(31)32)33-12-15-6-8-30(4)29-15/h5-11,13H,12H2,1-4H3. The van der Waals surface area contributed by atoms with Crippen LogP contribution in [0.25, 0.3) is 17.1 Å². The highest BCUT2D eigenvalue weighted by Gasteiger charge is 2.18. The van der Waals surface area contributed by atoms with Gasteiger partial charge in [-0.1, -0.05) is 37.0 Å². The topological polar surface area (TPSA) is 87.7 Å². The van der Waals surface area contributed by atoms with Gasteiger partial charge in [0.15, 0.2) is 0 Å². The van der Waals surface area contributed by atoms with Gasteiger partial charge in [-0.05, 0) is 25.1 Å². The number of hydrogen-bond acceptors (Lipinski definition) is 6. The average Bonchev–Trinajstić information content (AvgIpc) is 3.21. The Hall–Kier alpha value is -3.23. The number of pyridine rings is 2. The van der Waals surface area contributed by atoms with E-state index in [9.17, 15) is 4.79 Å². The van der Waals surface area contributed by atoms with E-state index in [2.05, 4.69) is 20.1 Å². The summed E-state index contributed by atoms with van der Waals surface area (Å²) in [6.07, 6.45) is 5.00. The lowest BCUT2D eigenvalue weighted by Crippen LogP contribution is -2.22. The van der Waals surface area contributed by atoms with Crippen LogP contribution in [0.5, 0.6) is 5.75 Å². The minimum Gasteiger partial charge on any atom is -0.485 e. The lowest BCUT2D eigenvalue weighted by Gasteiger charge is -2.16. The molecule has 10 heteroatoms. The highest BCUT2D eigenvalue weighted by Crippen LogP contribution is 2.29. The zero-order valence-corrected chi connectivity index (χ0v) is 20.1. The van der Waals surface area contributed by atoms with Gasteiger partial charge in [0.2, 0.25) is 0 Å². The van der Waals surface area contributed by atoms with Crippen LogP contribution in [0.1, 0.15) is 37.0 Å². The fraction of sp³-hybridized carbons (Fsp3) is 0.261. The van der Waals surface area contributed by atoms with Crippen molar-refractivity contribution in [3.05, 3.63) is 80.5 Å². The molecule has 170 valence electrons. The Morgan fingerprint density at radius 2 is 1.91 bits per heavy atom. The largest absolute Gasteiger partial charge is 0.485 e. The van der Waals surface area contributed by atoms with Crippen LogP contribution in [0.3, 0.4) is 0 Å². The minimum atomic E-state index is -0.447. The molecule has 8 nitrogen and oxygen atoms in total. The van der Waals surface area contributed by atoms with Gasteiger partial charge in [0.25, 0.3) is 5.56 Å². The maximum absolute atomic E-state index is 13.2. The summed E-state index contributed by atoms with van der Waals surface area (Å²) in [5.41, 5.74) is 2.53. The first kappa shape index (κ1) is 22.9. The molecular weight excluding hydrogens is 463 g/mol. The molecule has 0 saturated carbocycles. The van der Waals surface area contributed by atoms with Crippen LogP contribution in [0.2, 0.25) is 10.0 Å². The first-order valence-electron chi connectivity index (χ1n) is 10.3. The van der Waals surface area contributed by atoms with Crippen LogP contribution in [0, 0.1) is 6.92 Å². The number of halogens is 2. The van der Waals surface area contributed by atoms with Crippen LogP contribution < -0.4 is 10.3 Å². The predicted molar refractivity (Wildman–Crippen MR) is 127 cm³/mol. The molecule has 0 saturated heterocycles. The van der Waals surface area contributed by atoms with Crippen molar-refractivity contribution in [2.75, 3.05) is 0 Å². The van der Waals surface area contributed by atoms with E-state index >= 15 is 0 Å². The van der Waals surface area contributed by atoms with Gasteiger partial charge in [0.1, 0.15) is 23.2 Å². The summed E-state index contributed by atoms with van der Waals surface area (Å²) < 4.78 is 8.88. The van der Waals surface area contributed by atoms with Crippen LogP contribution in [0.4, 0.5) is 0 Å². The van der Waals surface area contributed by atoms with E-state index in [1.807, 2.05) is 33.2 Å². The molecule has 0 atom stereocenters. The molecule has 4 aromatic rings. The van der Waals surface area contributed by atoms with Crippen molar-refractivity contribution < 1.29 is 4.74 Å². The average molecular weight is 485 g/mol. The lowest BCUT2D eigenvalue weighted by molar-refractivity contribution is 0.299. The van der Waals surface area contributed by atoms with E-state index in [1.165, 1.54) is 10.8 Å². The van der Waals surface area contributed by atoms with Gasteiger partial charge in [-0.2, -0.15) is 5.10 Å². The number of rotatable bonds is 6. The molecule has 0 spiro atoms. The molecule has 0 bridgehead atoms. The van der Waals surface area contributed by atoms with E-state index in [0.717, 1.165) is 5.69 Å². The monoisotopic (exact) mass is 484 g/mol. The molecule has 4 heterocycles. The van der Waals surface area contributed by atoms with Crippen molar-refractivity contribution in [2.45, 2.75) is 33.3 Å². The van der Waals surface area contributed by atoms with Gasteiger partial charge in [0.05, 0.1) is 27.8 Å². The first-order chi connectivity index (χ1) is 15.7. The molecular formula is C23H22Cl2N6O2. The second-order valence-electron chi connectivity index (χ2n) is 7.85. The highest BCUT2D eigenvalue weighted by atomic mass is 35.5. The third kappa shape index (κ3) is 4.77. The van der Waals surface area contributed by atoms with E-state index in [1.54, 1.807) is 36.0 Å². The summed E-state index contributed by atoms with van der Waals surface area (Å²) in [5.74, 6) is 1.15. The maximum Gasteiger partial charge on any atom is 0.277 e. The number of aryl methyl sites for hydroxylation is 2. The molecule has 0 amide bonds. The Bertz CT molecular complexity index is 1380. The van der Waals surface area contributed by atoms with E-state index in [-0.39, 0.29) is 23.3 Å². The fourth-order valence-electron chi connectivity index (χ4n) is 3.31. The Kier molecular flexibility index (Phi) is 6.49. The van der Waals surface area contributed by atoms with Crippen molar-refractivity contribution in [1.29, 1.82) is 0 Å². The Balaban J connectivity index is 1.73. The molecule has 0 aliphatic rings. The number of nitrogens with zero attached hydrogens (tertiary/aromatic N) is 6. The highest BCUT2D eigenvalue weighted by molar-refractivity contribution is 6.33. The Labute approximate surface area is 200 Å². The maximum atomic E-state index is 13.2. The summed E-state index contributed by atoms with van der Waals surface area (Å²) in [6, 6.07) is 7.01. The summed E-state index contributed by atoms with van der Waals surface area (Å²) in [6.45, 7) is 6.00. The van der Waals surface area contributed by atoms with Gasteiger partial charge < -0.3 is 4.74 Å². The predicted octanol–water partition coefficient (Wildman–Crippen LogP) is 4.74. The van der Waals surface area contributed by atoms with Crippen molar-refractivity contribution in [3.63, 3.8) is 0 Å². The van der Waals surface area contributed by atoms with Crippen LogP contribution in [-0.4, -0.2) is 29.3 Å². The third-order valence-electron chi connectivity index (χ3n) is 4.97. The van der Waals surface area contributed by atoms with Crippen molar-refractivity contribution in [1.82, 2.24) is 29.3 Å². The third-order valence-corrected chi connectivity index (χ3v) is 5.61. The molecule has 0 aliphatic carbocycles. The van der Waals surface area contributed by atoms with Gasteiger partial charge in [-0.25, -0.2) is 9.97 Å². The van der Waals surface area contributed by atoms with Gasteiger partial charge in [-0.15, -0.1) is 0 Å². The van der Waals surface area contributed by atoms with Crippen LogP contribution in [0.15, 0.2) is 47.7 Å². The zero-order valence-electron chi connectivity index (χ0n) is 18.6. The van der Waals surface area contributed by atoms with Gasteiger partial charge >= 0.3 is 0 Å². The van der Waals surface area contributed by atoms with Crippen molar-refractivity contribution >= 4 is 23.2 Å². The van der Waals surface area contributed by atoms with Crippen molar-refractivity contribution in [2.24, 2.45) is 7.05 Å². The molecule has 33 heavy (non-hydrogen) atoms. The van der Waals surface area contributed by atoms with Crippen LogP contribution in [-0.2, 0) is 13.7 Å². The SMILES string of the molecule is Cc1cc(OCc2ccn(C)n2)c(Cl)c(=O)n1-c1cc(-c2ccnc(C(C)C)n2)ncc1Cl. The smallest absolute Gasteiger partial charge is 0.277 e. The molecule has 0 unspecified atom stereocenters. The molecule has 4 aromatic heterocycles. The number of hydrogen-bond donors (Lipinski definition) is 0. The molecule has 0 fully saturated rings. The van der Waals surface area contributed by atoms with E-state index in [4.69, 9.17) is 27.9 Å². The first-order valence-corrected chi connectivity index (χ1v) is 11.0. The lowest BCUT2D eigenvalue weighted by atomic mass is 10.2. The number of ether oxygens (including phenoxy) is 1. The van der Waals surface area contributed by atoms with E-state index in [0.29, 0.717) is 33.6 Å². The zero-order chi connectivity index (χ0) is 23.7. The summed E-state index contributed by atoms with van der Waals surface area (Å²) >= 11 is 12.8. The Morgan fingerprint density at radius 1 is 1.12 bits per heavy atom. The minimum absolute atomic E-state index is 0.0462. The Morgan fingerprint density at radius 3 is 2.61 bits per heavy atom. The quantitative estimate of drug-likeness (QED) is 0.392. The number of aromatic nitrogens is 6. The normalized spacial score (nSPS) is 11.2. The summed E-state index contributed by atoms with van der Waals surface area (Å²) in [7, 11) is 1.82. The second kappa shape index (κ2) is 9.33. The summed E-state index contributed by atoms with van der Waals surface area (Å²) in [4.78, 5) is 26.5. The molecule has 0 aliphatic heterocycles. The fourth-order valence-corrected chi connectivity index (χ4v) is 3.69. The molecule has 0 aromatic carbocycles. The molecule has 0 N–H and O–H groups in total. The second-order valence-corrected chi connectivity index (χ2v) is 8.63. The van der Waals surface area contributed by atoms with Crippen molar-refractivity contribution in [3.8, 4) is 22.8 Å². The van der Waals surface area contributed by atoms with E-state index < -0.39 is 5.56 Å². The summed E-state index contributed by atoms with van der Waals surface area (Å²) in [5, 5.41) is 4.52. The molecule has 0 radical (unpaired) electrons. The van der Waals surface area contributed by atoms with Gasteiger partial charge in [0, 0.05) is 43.3 Å². The molecule has 4 rings (SSSR count).